The molecule has 0 saturated carbocycles. The molecule has 0 aliphatic rings. The van der Waals surface area contributed by atoms with Crippen molar-refractivity contribution in [2.24, 2.45) is 0 Å². The van der Waals surface area contributed by atoms with E-state index >= 15 is 0 Å². The van der Waals surface area contributed by atoms with E-state index in [0.717, 1.165) is 21.6 Å². The second kappa shape index (κ2) is 11.1. The Morgan fingerprint density at radius 1 is 0.342 bits per heavy atom. The molecule has 0 heterocycles. The normalized spacial score (nSPS) is 11.1. The Morgan fingerprint density at radius 3 is 0.842 bits per heavy atom. The Labute approximate surface area is 214 Å². The minimum atomic E-state index is -2.31. The summed E-state index contributed by atoms with van der Waals surface area (Å²) in [6.45, 7) is 0. The highest BCUT2D eigenvalue weighted by molar-refractivity contribution is 8.76. The molecule has 0 saturated heterocycles. The van der Waals surface area contributed by atoms with Crippen LogP contribution in [0.4, 0.5) is 43.9 Å². The molecule has 0 amide bonds. The number of hydrogen-bond acceptors (Lipinski definition) is 4. The SMILES string of the molecule is Fc1c(F)c(F)c(Oc2ccc(SSc3ccc(Oc4c(F)c(F)c(F)c(F)c4F)cc3)cc2)c(F)c1F. The highest BCUT2D eigenvalue weighted by Crippen LogP contribution is 2.40. The van der Waals surface area contributed by atoms with Gasteiger partial charge in [0.05, 0.1) is 0 Å². The lowest BCUT2D eigenvalue weighted by Crippen LogP contribution is -2.04. The monoisotopic (exact) mass is 582 g/mol. The van der Waals surface area contributed by atoms with Gasteiger partial charge in [-0.15, -0.1) is 0 Å². The Kier molecular flexibility index (Phi) is 8.02. The minimum absolute atomic E-state index is 0.211. The van der Waals surface area contributed by atoms with Crippen molar-refractivity contribution in [2.45, 2.75) is 9.79 Å². The van der Waals surface area contributed by atoms with Gasteiger partial charge < -0.3 is 9.47 Å². The molecule has 198 valence electrons. The van der Waals surface area contributed by atoms with Crippen molar-refractivity contribution in [3.05, 3.63) is 107 Å². The van der Waals surface area contributed by atoms with Crippen LogP contribution in [0.3, 0.4) is 0 Å². The number of hydrogen-bond donors (Lipinski definition) is 0. The molecular formula is C24H8F10O2S2. The number of benzene rings is 4. The topological polar surface area (TPSA) is 18.5 Å². The standard InChI is InChI=1S/C24H8F10O2S2/c25-13-15(27)19(31)23(20(32)16(13)28)35-9-1-5-11(6-2-9)37-38-12-7-3-10(4-8-12)36-24-21(33)17(29)14(26)18(30)22(24)34/h1-8H. The first-order chi connectivity index (χ1) is 18.0. The average molecular weight is 582 g/mol. The molecule has 0 atom stereocenters. The smallest absolute Gasteiger partial charge is 0.207 e. The van der Waals surface area contributed by atoms with Crippen LogP contribution in [0.15, 0.2) is 58.3 Å². The van der Waals surface area contributed by atoms with Crippen LogP contribution in [0.5, 0.6) is 23.0 Å². The maximum Gasteiger partial charge on any atom is 0.207 e. The van der Waals surface area contributed by atoms with E-state index in [1.807, 2.05) is 0 Å². The summed E-state index contributed by atoms with van der Waals surface area (Å²) in [6, 6.07) is 10.6. The van der Waals surface area contributed by atoms with Crippen LogP contribution < -0.4 is 9.47 Å². The van der Waals surface area contributed by atoms with Crippen molar-refractivity contribution in [1.82, 2.24) is 0 Å². The molecule has 0 radical (unpaired) electrons. The Hall–Kier alpha value is -3.52. The molecule has 0 aliphatic heterocycles. The summed E-state index contributed by atoms with van der Waals surface area (Å²) < 4.78 is 144. The second-order valence-electron chi connectivity index (χ2n) is 7.11. The van der Waals surface area contributed by atoms with Crippen molar-refractivity contribution >= 4 is 21.6 Å². The third-order valence-corrected chi connectivity index (χ3v) is 7.08. The fraction of sp³-hybridized carbons (Fsp3) is 0. The Balaban J connectivity index is 1.40. The highest BCUT2D eigenvalue weighted by Gasteiger charge is 2.28. The maximum absolute atomic E-state index is 13.8. The molecule has 2 nitrogen and oxygen atoms in total. The molecule has 0 N–H and O–H groups in total. The van der Waals surface area contributed by atoms with E-state index in [0.29, 0.717) is 9.79 Å². The van der Waals surface area contributed by atoms with Crippen LogP contribution >= 0.6 is 21.6 Å². The molecule has 0 unspecified atom stereocenters. The molecule has 0 spiro atoms. The highest BCUT2D eigenvalue weighted by atomic mass is 33.1. The van der Waals surface area contributed by atoms with Gasteiger partial charge in [0.2, 0.25) is 69.7 Å². The summed E-state index contributed by atoms with van der Waals surface area (Å²) in [7, 11) is 2.33. The molecule has 4 rings (SSSR count). The first-order valence-corrected chi connectivity index (χ1v) is 12.1. The van der Waals surface area contributed by atoms with Gasteiger partial charge in [0.15, 0.2) is 0 Å². The van der Waals surface area contributed by atoms with E-state index in [-0.39, 0.29) is 11.5 Å². The summed E-state index contributed by atoms with van der Waals surface area (Å²) in [5, 5.41) is 0. The predicted octanol–water partition coefficient (Wildman–Crippen LogP) is 9.46. The first-order valence-electron chi connectivity index (χ1n) is 9.92. The van der Waals surface area contributed by atoms with Gasteiger partial charge in [0, 0.05) is 9.79 Å². The van der Waals surface area contributed by atoms with Gasteiger partial charge in [-0.2, -0.15) is 17.6 Å². The van der Waals surface area contributed by atoms with Gasteiger partial charge >= 0.3 is 0 Å². The fourth-order valence-electron chi connectivity index (χ4n) is 2.81. The van der Waals surface area contributed by atoms with Crippen LogP contribution in [-0.2, 0) is 0 Å². The van der Waals surface area contributed by atoms with Crippen LogP contribution in [0, 0.1) is 58.2 Å². The third-order valence-electron chi connectivity index (χ3n) is 4.66. The van der Waals surface area contributed by atoms with Gasteiger partial charge in [0.25, 0.3) is 0 Å². The van der Waals surface area contributed by atoms with Crippen molar-refractivity contribution < 1.29 is 53.4 Å². The molecule has 0 fully saturated rings. The average Bonchev–Trinajstić information content (AvgIpc) is 2.93. The van der Waals surface area contributed by atoms with E-state index < -0.39 is 69.7 Å². The van der Waals surface area contributed by atoms with E-state index in [1.54, 1.807) is 0 Å². The van der Waals surface area contributed by atoms with E-state index in [2.05, 4.69) is 0 Å². The number of rotatable bonds is 7. The predicted molar refractivity (Wildman–Crippen MR) is 117 cm³/mol. The largest absolute Gasteiger partial charge is 0.451 e. The van der Waals surface area contributed by atoms with Crippen LogP contribution in [0.1, 0.15) is 0 Å². The zero-order valence-electron chi connectivity index (χ0n) is 18.0. The summed E-state index contributed by atoms with van der Waals surface area (Å²) in [5.41, 5.74) is 0. The molecule has 14 heteroatoms. The minimum Gasteiger partial charge on any atom is -0.451 e. The molecule has 4 aromatic rings. The zero-order chi connectivity index (χ0) is 27.7. The molecule has 0 aromatic heterocycles. The Bertz CT molecular complexity index is 1340. The van der Waals surface area contributed by atoms with Crippen LogP contribution in [0.25, 0.3) is 0 Å². The van der Waals surface area contributed by atoms with Crippen LogP contribution in [-0.4, -0.2) is 0 Å². The summed E-state index contributed by atoms with van der Waals surface area (Å²) >= 11 is 0. The zero-order valence-corrected chi connectivity index (χ0v) is 19.7. The summed E-state index contributed by atoms with van der Waals surface area (Å²) in [4.78, 5) is 1.14. The lowest BCUT2D eigenvalue weighted by atomic mass is 10.2. The maximum atomic E-state index is 13.8. The van der Waals surface area contributed by atoms with Gasteiger partial charge in [-0.1, -0.05) is 21.6 Å². The lowest BCUT2D eigenvalue weighted by molar-refractivity contribution is 0.332. The Morgan fingerprint density at radius 2 is 0.579 bits per heavy atom. The van der Waals surface area contributed by atoms with E-state index in [4.69, 9.17) is 9.47 Å². The van der Waals surface area contributed by atoms with Crippen molar-refractivity contribution in [1.29, 1.82) is 0 Å². The van der Waals surface area contributed by atoms with E-state index in [1.165, 1.54) is 48.5 Å². The van der Waals surface area contributed by atoms with Gasteiger partial charge in [0.1, 0.15) is 11.5 Å². The molecule has 4 aromatic carbocycles. The second-order valence-corrected chi connectivity index (χ2v) is 9.39. The van der Waals surface area contributed by atoms with E-state index in [9.17, 15) is 43.9 Å². The van der Waals surface area contributed by atoms with Gasteiger partial charge in [-0.3, -0.25) is 0 Å². The molecular weight excluding hydrogens is 574 g/mol. The summed E-state index contributed by atoms with van der Waals surface area (Å²) in [6.07, 6.45) is 0. The molecule has 0 aliphatic carbocycles. The van der Waals surface area contributed by atoms with Crippen LogP contribution in [0.2, 0.25) is 0 Å². The first kappa shape index (κ1) is 27.5. The van der Waals surface area contributed by atoms with Gasteiger partial charge in [-0.25, -0.2) is 26.3 Å². The van der Waals surface area contributed by atoms with Crippen molar-refractivity contribution in [2.75, 3.05) is 0 Å². The van der Waals surface area contributed by atoms with Crippen molar-refractivity contribution in [3.63, 3.8) is 0 Å². The third kappa shape index (κ3) is 5.36. The summed E-state index contributed by atoms with van der Waals surface area (Å²) in [5.74, 6) is -25.0. The quantitative estimate of drug-likeness (QED) is 0.0935. The number of halogens is 10. The molecule has 0 bridgehead atoms. The number of ether oxygens (including phenoxy) is 2. The molecule has 38 heavy (non-hydrogen) atoms. The fourth-order valence-corrected chi connectivity index (χ4v) is 4.74. The van der Waals surface area contributed by atoms with Gasteiger partial charge in [-0.05, 0) is 48.5 Å². The lowest BCUT2D eigenvalue weighted by Gasteiger charge is -2.11. The van der Waals surface area contributed by atoms with Crippen molar-refractivity contribution in [3.8, 4) is 23.0 Å².